The third-order valence-electron chi connectivity index (χ3n) is 4.80. The van der Waals surface area contributed by atoms with Crippen LogP contribution in [0.25, 0.3) is 5.69 Å². The largest absolute Gasteiger partial charge is 0.369 e. The molecule has 0 radical (unpaired) electrons. The summed E-state index contributed by atoms with van der Waals surface area (Å²) < 4.78 is 1.96. The van der Waals surface area contributed by atoms with Gasteiger partial charge in [-0.2, -0.15) is 5.10 Å². The van der Waals surface area contributed by atoms with Gasteiger partial charge in [0.05, 0.1) is 11.9 Å². The average Bonchev–Trinajstić information content (AvgIpc) is 3.12. The summed E-state index contributed by atoms with van der Waals surface area (Å²) in [7, 11) is 0. The minimum Gasteiger partial charge on any atom is -0.369 e. The maximum absolute atomic E-state index is 4.50. The first kappa shape index (κ1) is 15.9. The average molecular weight is 332 g/mol. The quantitative estimate of drug-likeness (QED) is 0.731. The highest BCUT2D eigenvalue weighted by Gasteiger charge is 2.18. The van der Waals surface area contributed by atoms with Crippen LogP contribution < -0.4 is 4.90 Å². The molecule has 1 aromatic heterocycles. The Kier molecular flexibility index (Phi) is 4.53. The molecular weight excluding hydrogens is 308 g/mol. The van der Waals surface area contributed by atoms with Crippen molar-refractivity contribution in [3.05, 3.63) is 78.1 Å². The van der Waals surface area contributed by atoms with Gasteiger partial charge in [0.15, 0.2) is 0 Å². The number of benzene rings is 2. The molecule has 128 valence electrons. The van der Waals surface area contributed by atoms with Gasteiger partial charge in [0.1, 0.15) is 0 Å². The summed E-state index contributed by atoms with van der Waals surface area (Å²) in [6.45, 7) is 7.46. The summed E-state index contributed by atoms with van der Waals surface area (Å²) >= 11 is 0. The summed E-state index contributed by atoms with van der Waals surface area (Å²) in [5.41, 5.74) is 5.05. The Morgan fingerprint density at radius 3 is 2.40 bits per heavy atom. The molecule has 3 aromatic rings. The minimum absolute atomic E-state index is 0.967. The summed E-state index contributed by atoms with van der Waals surface area (Å²) in [5.74, 6) is 0. The minimum atomic E-state index is 0.967. The summed E-state index contributed by atoms with van der Waals surface area (Å²) in [6, 6.07) is 19.1. The van der Waals surface area contributed by atoms with Crippen molar-refractivity contribution in [1.29, 1.82) is 0 Å². The SMILES string of the molecule is Cc1cccc(N2CCN(Cc3cnn(-c4ccccc4)c3)CC2)c1. The molecule has 2 aromatic carbocycles. The van der Waals surface area contributed by atoms with E-state index in [2.05, 4.69) is 64.4 Å². The van der Waals surface area contributed by atoms with Crippen LogP contribution in [0.5, 0.6) is 0 Å². The summed E-state index contributed by atoms with van der Waals surface area (Å²) in [4.78, 5) is 5.00. The van der Waals surface area contributed by atoms with Gasteiger partial charge in [-0.05, 0) is 36.8 Å². The van der Waals surface area contributed by atoms with Crippen molar-refractivity contribution in [3.63, 3.8) is 0 Å². The third kappa shape index (κ3) is 3.74. The molecule has 0 unspecified atom stereocenters. The normalized spacial score (nSPS) is 15.5. The van der Waals surface area contributed by atoms with Crippen LogP contribution in [0.1, 0.15) is 11.1 Å². The molecule has 25 heavy (non-hydrogen) atoms. The molecule has 0 N–H and O–H groups in total. The predicted octanol–water partition coefficient (Wildman–Crippen LogP) is 3.50. The number of hydrogen-bond donors (Lipinski definition) is 0. The first-order valence-electron chi connectivity index (χ1n) is 8.91. The summed E-state index contributed by atoms with van der Waals surface area (Å²) in [5, 5.41) is 4.50. The fourth-order valence-electron chi connectivity index (χ4n) is 3.41. The number of aryl methyl sites for hydroxylation is 1. The maximum atomic E-state index is 4.50. The lowest BCUT2D eigenvalue weighted by atomic mass is 10.2. The third-order valence-corrected chi connectivity index (χ3v) is 4.80. The lowest BCUT2D eigenvalue weighted by Gasteiger charge is -2.36. The number of nitrogens with zero attached hydrogens (tertiary/aromatic N) is 4. The van der Waals surface area contributed by atoms with Crippen molar-refractivity contribution in [2.45, 2.75) is 13.5 Å². The number of aromatic nitrogens is 2. The van der Waals surface area contributed by atoms with Crippen LogP contribution in [0.3, 0.4) is 0 Å². The van der Waals surface area contributed by atoms with Gasteiger partial charge in [-0.1, -0.05) is 30.3 Å². The standard InChI is InChI=1S/C21H24N4/c1-18-6-5-9-21(14-18)24-12-10-23(11-13-24)16-19-15-22-25(17-19)20-7-3-2-4-8-20/h2-9,14-15,17H,10-13,16H2,1H3. The van der Waals surface area contributed by atoms with Crippen molar-refractivity contribution in [2.24, 2.45) is 0 Å². The Morgan fingerprint density at radius 2 is 1.64 bits per heavy atom. The van der Waals surface area contributed by atoms with Crippen molar-refractivity contribution in [3.8, 4) is 5.69 Å². The molecule has 1 aliphatic rings. The van der Waals surface area contributed by atoms with Crippen molar-refractivity contribution in [1.82, 2.24) is 14.7 Å². The molecule has 0 atom stereocenters. The number of anilines is 1. The zero-order chi connectivity index (χ0) is 17.1. The molecule has 0 aliphatic carbocycles. The van der Waals surface area contributed by atoms with E-state index in [0.29, 0.717) is 0 Å². The lowest BCUT2D eigenvalue weighted by Crippen LogP contribution is -2.45. The van der Waals surface area contributed by atoms with Gasteiger partial charge in [-0.25, -0.2) is 4.68 Å². The van der Waals surface area contributed by atoms with Crippen LogP contribution in [-0.4, -0.2) is 40.9 Å². The Morgan fingerprint density at radius 1 is 0.880 bits per heavy atom. The van der Waals surface area contributed by atoms with E-state index in [0.717, 1.165) is 38.4 Å². The highest BCUT2D eigenvalue weighted by atomic mass is 15.3. The Labute approximate surface area is 149 Å². The first-order chi connectivity index (χ1) is 12.3. The highest BCUT2D eigenvalue weighted by Crippen LogP contribution is 2.19. The monoisotopic (exact) mass is 332 g/mol. The van der Waals surface area contributed by atoms with Gasteiger partial charge in [-0.15, -0.1) is 0 Å². The van der Waals surface area contributed by atoms with Crippen LogP contribution in [0, 0.1) is 6.92 Å². The van der Waals surface area contributed by atoms with E-state index in [1.54, 1.807) is 0 Å². The van der Waals surface area contributed by atoms with Crippen molar-refractivity contribution in [2.75, 3.05) is 31.1 Å². The zero-order valence-corrected chi connectivity index (χ0v) is 14.7. The van der Waals surface area contributed by atoms with Crippen LogP contribution in [0.2, 0.25) is 0 Å². The zero-order valence-electron chi connectivity index (χ0n) is 14.7. The highest BCUT2D eigenvalue weighted by molar-refractivity contribution is 5.48. The number of para-hydroxylation sites is 1. The number of hydrogen-bond acceptors (Lipinski definition) is 3. The smallest absolute Gasteiger partial charge is 0.0645 e. The molecule has 4 nitrogen and oxygen atoms in total. The number of rotatable bonds is 4. The van der Waals surface area contributed by atoms with Crippen LogP contribution >= 0.6 is 0 Å². The fourth-order valence-corrected chi connectivity index (χ4v) is 3.41. The van der Waals surface area contributed by atoms with Crippen LogP contribution in [-0.2, 0) is 6.54 Å². The Bertz CT molecular complexity index is 817. The Balaban J connectivity index is 1.35. The maximum Gasteiger partial charge on any atom is 0.0645 e. The van der Waals surface area contributed by atoms with E-state index in [1.165, 1.54) is 16.8 Å². The molecule has 2 heterocycles. The molecule has 0 spiro atoms. The molecule has 0 saturated carbocycles. The molecule has 1 fully saturated rings. The van der Waals surface area contributed by atoms with Gasteiger partial charge in [0.2, 0.25) is 0 Å². The second kappa shape index (κ2) is 7.11. The van der Waals surface area contributed by atoms with Crippen molar-refractivity contribution >= 4 is 5.69 Å². The topological polar surface area (TPSA) is 24.3 Å². The molecular formula is C21H24N4. The molecule has 1 aliphatic heterocycles. The van der Waals surface area contributed by atoms with E-state index < -0.39 is 0 Å². The fraction of sp³-hybridized carbons (Fsp3) is 0.286. The van der Waals surface area contributed by atoms with E-state index in [-0.39, 0.29) is 0 Å². The van der Waals surface area contributed by atoms with Gasteiger partial charge in [0.25, 0.3) is 0 Å². The van der Waals surface area contributed by atoms with E-state index in [4.69, 9.17) is 0 Å². The predicted molar refractivity (Wildman–Crippen MR) is 102 cm³/mol. The van der Waals surface area contributed by atoms with Gasteiger partial charge in [-0.3, -0.25) is 4.90 Å². The number of piperazine rings is 1. The molecule has 0 bridgehead atoms. The van der Waals surface area contributed by atoms with E-state index >= 15 is 0 Å². The van der Waals surface area contributed by atoms with Crippen molar-refractivity contribution < 1.29 is 0 Å². The second-order valence-corrected chi connectivity index (χ2v) is 6.73. The van der Waals surface area contributed by atoms with Gasteiger partial charge in [0, 0.05) is 50.2 Å². The van der Waals surface area contributed by atoms with Crippen LogP contribution in [0.4, 0.5) is 5.69 Å². The lowest BCUT2D eigenvalue weighted by molar-refractivity contribution is 0.250. The second-order valence-electron chi connectivity index (χ2n) is 6.73. The first-order valence-corrected chi connectivity index (χ1v) is 8.91. The molecule has 0 amide bonds. The van der Waals surface area contributed by atoms with E-state index in [1.807, 2.05) is 29.1 Å². The Hall–Kier alpha value is -2.59. The van der Waals surface area contributed by atoms with E-state index in [9.17, 15) is 0 Å². The molecule has 1 saturated heterocycles. The molecule has 4 rings (SSSR count). The summed E-state index contributed by atoms with van der Waals surface area (Å²) in [6.07, 6.45) is 4.13. The molecule has 4 heteroatoms. The van der Waals surface area contributed by atoms with Gasteiger partial charge >= 0.3 is 0 Å². The van der Waals surface area contributed by atoms with Gasteiger partial charge < -0.3 is 4.90 Å². The van der Waals surface area contributed by atoms with Crippen LogP contribution in [0.15, 0.2) is 67.0 Å².